The standard InChI is InChI=1S/C24H25IN2O3/c1-16-9-10-17(2)21(11-16)26-14-18-12-20(25)24(22(13-18)29-3)30-15-23(28)27-19-7-5-4-6-8-19/h4-13,26H,14-15H2,1-3H3,(H,27,28). The number of amides is 1. The Bertz CT molecular complexity index is 1020. The first-order chi connectivity index (χ1) is 14.5. The Hall–Kier alpha value is -2.74. The third kappa shape index (κ3) is 5.89. The molecule has 2 N–H and O–H groups in total. The van der Waals surface area contributed by atoms with Crippen molar-refractivity contribution in [3.8, 4) is 11.5 Å². The number of benzene rings is 3. The van der Waals surface area contributed by atoms with Crippen LogP contribution in [0, 0.1) is 17.4 Å². The molecular weight excluding hydrogens is 491 g/mol. The van der Waals surface area contributed by atoms with Gasteiger partial charge >= 0.3 is 0 Å². The van der Waals surface area contributed by atoms with Gasteiger partial charge in [0.25, 0.3) is 5.91 Å². The number of anilines is 2. The Morgan fingerprint density at radius 2 is 1.80 bits per heavy atom. The van der Waals surface area contributed by atoms with Crippen LogP contribution < -0.4 is 20.1 Å². The minimum absolute atomic E-state index is 0.0959. The molecule has 3 aromatic carbocycles. The molecular formula is C24H25IN2O3. The summed E-state index contributed by atoms with van der Waals surface area (Å²) in [5, 5.41) is 6.29. The normalized spacial score (nSPS) is 10.4. The Morgan fingerprint density at radius 3 is 2.53 bits per heavy atom. The molecule has 0 saturated heterocycles. The fourth-order valence-corrected chi connectivity index (χ4v) is 3.82. The van der Waals surface area contributed by atoms with E-state index in [2.05, 4.69) is 65.3 Å². The van der Waals surface area contributed by atoms with Crippen molar-refractivity contribution in [2.45, 2.75) is 20.4 Å². The molecule has 0 unspecified atom stereocenters. The summed E-state index contributed by atoms with van der Waals surface area (Å²) in [6.45, 7) is 4.73. The molecule has 0 aliphatic rings. The Balaban J connectivity index is 1.66. The lowest BCUT2D eigenvalue weighted by Crippen LogP contribution is -2.20. The van der Waals surface area contributed by atoms with Crippen LogP contribution in [-0.2, 0) is 11.3 Å². The third-order valence-electron chi connectivity index (χ3n) is 4.57. The second-order valence-corrected chi connectivity index (χ2v) is 8.15. The molecule has 0 bridgehead atoms. The molecule has 0 heterocycles. The van der Waals surface area contributed by atoms with Crippen molar-refractivity contribution < 1.29 is 14.3 Å². The number of methoxy groups -OCH3 is 1. The average Bonchev–Trinajstić information content (AvgIpc) is 2.74. The van der Waals surface area contributed by atoms with Crippen molar-refractivity contribution in [2.75, 3.05) is 24.4 Å². The number of carbonyl (C=O) groups is 1. The lowest BCUT2D eigenvalue weighted by atomic mass is 10.1. The fraction of sp³-hybridized carbons (Fsp3) is 0.208. The van der Waals surface area contributed by atoms with Crippen molar-refractivity contribution in [3.05, 3.63) is 80.9 Å². The second kappa shape index (κ2) is 10.3. The highest BCUT2D eigenvalue weighted by molar-refractivity contribution is 14.1. The van der Waals surface area contributed by atoms with E-state index in [1.807, 2.05) is 42.5 Å². The summed E-state index contributed by atoms with van der Waals surface area (Å²) in [6.07, 6.45) is 0. The number of carbonyl (C=O) groups excluding carboxylic acids is 1. The first-order valence-corrected chi connectivity index (χ1v) is 10.7. The van der Waals surface area contributed by atoms with Gasteiger partial charge in [-0.25, -0.2) is 0 Å². The monoisotopic (exact) mass is 516 g/mol. The number of rotatable bonds is 8. The predicted octanol–water partition coefficient (Wildman–Crippen LogP) is 5.55. The molecule has 0 aliphatic carbocycles. The van der Waals surface area contributed by atoms with Crippen LogP contribution in [0.15, 0.2) is 60.7 Å². The average molecular weight is 516 g/mol. The van der Waals surface area contributed by atoms with Crippen LogP contribution in [0.3, 0.4) is 0 Å². The van der Waals surface area contributed by atoms with Crippen molar-refractivity contribution in [1.82, 2.24) is 0 Å². The van der Waals surface area contributed by atoms with Crippen LogP contribution >= 0.6 is 22.6 Å². The summed E-state index contributed by atoms with van der Waals surface area (Å²) in [5.74, 6) is 0.948. The van der Waals surface area contributed by atoms with E-state index in [1.54, 1.807) is 7.11 Å². The molecule has 0 atom stereocenters. The maximum atomic E-state index is 12.2. The maximum absolute atomic E-state index is 12.2. The van der Waals surface area contributed by atoms with E-state index in [1.165, 1.54) is 11.1 Å². The molecule has 0 saturated carbocycles. The van der Waals surface area contributed by atoms with Crippen molar-refractivity contribution in [1.29, 1.82) is 0 Å². The summed E-state index contributed by atoms with van der Waals surface area (Å²) >= 11 is 2.21. The molecule has 0 aliphatic heterocycles. The van der Waals surface area contributed by atoms with Gasteiger partial charge in [0.15, 0.2) is 18.1 Å². The molecule has 3 aromatic rings. The van der Waals surface area contributed by atoms with E-state index in [0.29, 0.717) is 18.0 Å². The van der Waals surface area contributed by atoms with Gasteiger partial charge in [0.1, 0.15) is 0 Å². The zero-order valence-electron chi connectivity index (χ0n) is 17.3. The molecule has 0 fully saturated rings. The van der Waals surface area contributed by atoms with Gasteiger partial charge in [0.05, 0.1) is 10.7 Å². The zero-order chi connectivity index (χ0) is 21.5. The Morgan fingerprint density at radius 1 is 1.03 bits per heavy atom. The Kier molecular flexibility index (Phi) is 7.57. The molecule has 0 radical (unpaired) electrons. The van der Waals surface area contributed by atoms with Gasteiger partial charge in [-0.2, -0.15) is 0 Å². The van der Waals surface area contributed by atoms with Gasteiger partial charge in [-0.05, 0) is 83.5 Å². The summed E-state index contributed by atoms with van der Waals surface area (Å²) in [7, 11) is 1.60. The van der Waals surface area contributed by atoms with E-state index in [0.717, 1.165) is 20.5 Å². The number of aryl methyl sites for hydroxylation is 2. The number of nitrogens with one attached hydrogen (secondary N) is 2. The lowest BCUT2D eigenvalue weighted by molar-refractivity contribution is -0.118. The summed E-state index contributed by atoms with van der Waals surface area (Å²) < 4.78 is 12.2. The highest BCUT2D eigenvalue weighted by atomic mass is 127. The zero-order valence-corrected chi connectivity index (χ0v) is 19.4. The van der Waals surface area contributed by atoms with E-state index < -0.39 is 0 Å². The molecule has 0 spiro atoms. The van der Waals surface area contributed by atoms with Gasteiger partial charge in [-0.1, -0.05) is 30.3 Å². The molecule has 30 heavy (non-hydrogen) atoms. The van der Waals surface area contributed by atoms with Gasteiger partial charge < -0.3 is 20.1 Å². The third-order valence-corrected chi connectivity index (χ3v) is 5.37. The van der Waals surface area contributed by atoms with Crippen LogP contribution in [0.5, 0.6) is 11.5 Å². The van der Waals surface area contributed by atoms with E-state index in [-0.39, 0.29) is 12.5 Å². The molecule has 3 rings (SSSR count). The topological polar surface area (TPSA) is 59.6 Å². The number of halogens is 1. The minimum Gasteiger partial charge on any atom is -0.493 e. The maximum Gasteiger partial charge on any atom is 0.262 e. The lowest BCUT2D eigenvalue weighted by Gasteiger charge is -2.16. The van der Waals surface area contributed by atoms with Crippen LogP contribution in [-0.4, -0.2) is 19.6 Å². The Labute approximate surface area is 190 Å². The van der Waals surface area contributed by atoms with Crippen LogP contribution in [0.1, 0.15) is 16.7 Å². The first kappa shape index (κ1) is 22.0. The van der Waals surface area contributed by atoms with Crippen molar-refractivity contribution in [3.63, 3.8) is 0 Å². The summed E-state index contributed by atoms with van der Waals surface area (Å²) in [5.41, 5.74) is 5.33. The number of hydrogen-bond acceptors (Lipinski definition) is 4. The first-order valence-electron chi connectivity index (χ1n) is 9.61. The molecule has 0 aromatic heterocycles. The number of hydrogen-bond donors (Lipinski definition) is 2. The van der Waals surface area contributed by atoms with Gasteiger partial charge in [-0.15, -0.1) is 0 Å². The number of para-hydroxylation sites is 1. The van der Waals surface area contributed by atoms with Crippen LogP contribution in [0.4, 0.5) is 11.4 Å². The van der Waals surface area contributed by atoms with Gasteiger partial charge in [0, 0.05) is 17.9 Å². The minimum atomic E-state index is -0.222. The largest absolute Gasteiger partial charge is 0.493 e. The molecule has 5 nitrogen and oxygen atoms in total. The van der Waals surface area contributed by atoms with Crippen molar-refractivity contribution >= 4 is 39.9 Å². The smallest absolute Gasteiger partial charge is 0.262 e. The van der Waals surface area contributed by atoms with Gasteiger partial charge in [-0.3, -0.25) is 4.79 Å². The molecule has 6 heteroatoms. The molecule has 156 valence electrons. The second-order valence-electron chi connectivity index (χ2n) is 6.98. The highest BCUT2D eigenvalue weighted by Gasteiger charge is 2.14. The van der Waals surface area contributed by atoms with E-state index in [4.69, 9.17) is 9.47 Å². The van der Waals surface area contributed by atoms with E-state index >= 15 is 0 Å². The molecule has 1 amide bonds. The van der Waals surface area contributed by atoms with E-state index in [9.17, 15) is 4.79 Å². The summed E-state index contributed by atoms with van der Waals surface area (Å²) in [4.78, 5) is 12.2. The highest BCUT2D eigenvalue weighted by Crippen LogP contribution is 2.34. The van der Waals surface area contributed by atoms with Crippen LogP contribution in [0.25, 0.3) is 0 Å². The van der Waals surface area contributed by atoms with Gasteiger partial charge in [0.2, 0.25) is 0 Å². The predicted molar refractivity (Wildman–Crippen MR) is 130 cm³/mol. The fourth-order valence-electron chi connectivity index (χ4n) is 3.00. The summed E-state index contributed by atoms with van der Waals surface area (Å²) in [6, 6.07) is 19.6. The SMILES string of the molecule is COc1cc(CNc2cc(C)ccc2C)cc(I)c1OCC(=O)Nc1ccccc1. The van der Waals surface area contributed by atoms with Crippen molar-refractivity contribution in [2.24, 2.45) is 0 Å². The number of ether oxygens (including phenoxy) is 2. The van der Waals surface area contributed by atoms with Crippen LogP contribution in [0.2, 0.25) is 0 Å². The quantitative estimate of drug-likeness (QED) is 0.386.